The summed E-state index contributed by atoms with van der Waals surface area (Å²) in [5.41, 5.74) is 3.94. The molecule has 162 valence electrons. The molecule has 0 aliphatic heterocycles. The Morgan fingerprint density at radius 2 is 1.53 bits per heavy atom. The minimum Gasteiger partial charge on any atom is -0.497 e. The first-order chi connectivity index (χ1) is 15.6. The summed E-state index contributed by atoms with van der Waals surface area (Å²) >= 11 is 0. The van der Waals surface area contributed by atoms with E-state index in [1.54, 1.807) is 45.5 Å². The molecule has 3 aromatic carbocycles. The molecule has 7 heteroatoms. The van der Waals surface area contributed by atoms with Crippen LogP contribution in [0.1, 0.15) is 6.92 Å². The van der Waals surface area contributed by atoms with Gasteiger partial charge in [-0.15, -0.1) is 0 Å². The molecule has 7 nitrogen and oxygen atoms in total. The Kier molecular flexibility index (Phi) is 6.17. The number of hydrogen-bond donors (Lipinski definition) is 1. The number of aromatic nitrogens is 2. The molecule has 4 rings (SSSR count). The van der Waals surface area contributed by atoms with Gasteiger partial charge in [-0.05, 0) is 43.3 Å². The van der Waals surface area contributed by atoms with Crippen molar-refractivity contribution in [3.63, 3.8) is 0 Å². The number of amides is 1. The Hall–Kier alpha value is -4.13. The highest BCUT2D eigenvalue weighted by Crippen LogP contribution is 2.26. The Labute approximate surface area is 186 Å². The number of nitrogens with one attached hydrogen (secondary N) is 1. The summed E-state index contributed by atoms with van der Waals surface area (Å²) in [5, 5.41) is 2.82. The molecule has 0 fully saturated rings. The van der Waals surface area contributed by atoms with Crippen molar-refractivity contribution in [2.24, 2.45) is 0 Å². The average molecular weight is 429 g/mol. The molecule has 0 aliphatic carbocycles. The third-order valence-electron chi connectivity index (χ3n) is 4.90. The molecule has 4 aromatic rings. The number of methoxy groups -OCH3 is 2. The largest absolute Gasteiger partial charge is 0.497 e. The van der Waals surface area contributed by atoms with Gasteiger partial charge in [-0.2, -0.15) is 0 Å². The molecular formula is C25H23N3O4. The molecular weight excluding hydrogens is 406 g/mol. The summed E-state index contributed by atoms with van der Waals surface area (Å²) in [7, 11) is 3.11. The van der Waals surface area contributed by atoms with Crippen LogP contribution in [-0.4, -0.2) is 36.2 Å². The molecule has 1 amide bonds. The zero-order chi connectivity index (χ0) is 22.5. The highest BCUT2D eigenvalue weighted by Gasteiger charge is 2.16. The second-order valence-corrected chi connectivity index (χ2v) is 7.12. The van der Waals surface area contributed by atoms with E-state index >= 15 is 0 Å². The van der Waals surface area contributed by atoms with E-state index in [4.69, 9.17) is 14.2 Å². The van der Waals surface area contributed by atoms with Crippen molar-refractivity contribution in [3.05, 3.63) is 72.9 Å². The SMILES string of the molecule is COc1cc(NC(=O)C(C)Oc2ccc(-c3cnc4ccccc4n3)cc2)cc(OC)c1. The van der Waals surface area contributed by atoms with E-state index in [-0.39, 0.29) is 5.91 Å². The predicted octanol–water partition coefficient (Wildman–Crippen LogP) is 4.72. The first-order valence-corrected chi connectivity index (χ1v) is 10.1. The normalized spacial score (nSPS) is 11.6. The molecule has 1 N–H and O–H groups in total. The number of nitrogens with zero attached hydrogens (tertiary/aromatic N) is 2. The lowest BCUT2D eigenvalue weighted by molar-refractivity contribution is -0.122. The number of carbonyl (C=O) groups excluding carboxylic acids is 1. The lowest BCUT2D eigenvalue weighted by Gasteiger charge is -2.16. The summed E-state index contributed by atoms with van der Waals surface area (Å²) < 4.78 is 16.3. The van der Waals surface area contributed by atoms with Gasteiger partial charge in [0.15, 0.2) is 6.10 Å². The van der Waals surface area contributed by atoms with Gasteiger partial charge >= 0.3 is 0 Å². The van der Waals surface area contributed by atoms with Crippen molar-refractivity contribution < 1.29 is 19.0 Å². The van der Waals surface area contributed by atoms with Crippen LogP contribution in [0, 0.1) is 0 Å². The van der Waals surface area contributed by atoms with Gasteiger partial charge < -0.3 is 19.5 Å². The highest BCUT2D eigenvalue weighted by molar-refractivity contribution is 5.94. The van der Waals surface area contributed by atoms with Crippen LogP contribution in [0.2, 0.25) is 0 Å². The molecule has 0 aliphatic rings. The van der Waals surface area contributed by atoms with E-state index in [0.29, 0.717) is 22.9 Å². The number of ether oxygens (including phenoxy) is 3. The van der Waals surface area contributed by atoms with Crippen molar-refractivity contribution in [3.8, 4) is 28.5 Å². The summed E-state index contributed by atoms with van der Waals surface area (Å²) in [6.45, 7) is 1.69. The summed E-state index contributed by atoms with van der Waals surface area (Å²) in [5.74, 6) is 1.46. The highest BCUT2D eigenvalue weighted by atomic mass is 16.5. The van der Waals surface area contributed by atoms with Crippen LogP contribution < -0.4 is 19.5 Å². The average Bonchev–Trinajstić information content (AvgIpc) is 2.83. The molecule has 0 saturated carbocycles. The number of para-hydroxylation sites is 2. The molecule has 32 heavy (non-hydrogen) atoms. The molecule has 1 unspecified atom stereocenters. The van der Waals surface area contributed by atoms with Crippen LogP contribution >= 0.6 is 0 Å². The molecule has 1 atom stereocenters. The molecule has 1 aromatic heterocycles. The first-order valence-electron chi connectivity index (χ1n) is 10.1. The second-order valence-electron chi connectivity index (χ2n) is 7.12. The van der Waals surface area contributed by atoms with Gasteiger partial charge in [0.05, 0.1) is 37.1 Å². The zero-order valence-electron chi connectivity index (χ0n) is 18.0. The third-order valence-corrected chi connectivity index (χ3v) is 4.90. The van der Waals surface area contributed by atoms with Gasteiger partial charge in [0.25, 0.3) is 5.91 Å². The number of hydrogen-bond acceptors (Lipinski definition) is 6. The maximum Gasteiger partial charge on any atom is 0.265 e. The predicted molar refractivity (Wildman–Crippen MR) is 123 cm³/mol. The third kappa shape index (κ3) is 4.78. The maximum absolute atomic E-state index is 12.6. The minimum atomic E-state index is -0.710. The van der Waals surface area contributed by atoms with E-state index in [2.05, 4.69) is 15.3 Å². The Morgan fingerprint density at radius 1 is 0.875 bits per heavy atom. The number of fused-ring (bicyclic) bond motifs is 1. The Balaban J connectivity index is 1.43. The van der Waals surface area contributed by atoms with E-state index in [9.17, 15) is 4.79 Å². The van der Waals surface area contributed by atoms with Crippen molar-refractivity contribution in [1.82, 2.24) is 9.97 Å². The molecule has 0 saturated heterocycles. The summed E-state index contributed by atoms with van der Waals surface area (Å²) in [4.78, 5) is 21.7. The molecule has 0 bridgehead atoms. The van der Waals surface area contributed by atoms with Crippen LogP contribution in [0.3, 0.4) is 0 Å². The monoisotopic (exact) mass is 429 g/mol. The zero-order valence-corrected chi connectivity index (χ0v) is 18.0. The second kappa shape index (κ2) is 9.34. The minimum absolute atomic E-state index is 0.287. The van der Waals surface area contributed by atoms with Gasteiger partial charge in [-0.3, -0.25) is 9.78 Å². The van der Waals surface area contributed by atoms with Crippen molar-refractivity contribution >= 4 is 22.6 Å². The number of anilines is 1. The topological polar surface area (TPSA) is 82.6 Å². The smallest absolute Gasteiger partial charge is 0.265 e. The molecule has 0 spiro atoms. The first kappa shape index (κ1) is 21.1. The van der Waals surface area contributed by atoms with Crippen LogP contribution in [-0.2, 0) is 4.79 Å². The standard InChI is InChI=1S/C25H23N3O4/c1-16(25(29)27-18-12-20(30-2)14-21(13-18)31-3)32-19-10-8-17(9-11-19)24-15-26-22-6-4-5-7-23(22)28-24/h4-16H,1-3H3,(H,27,29). The fourth-order valence-corrected chi connectivity index (χ4v) is 3.18. The number of rotatable bonds is 7. The van der Waals surface area contributed by atoms with Crippen LogP contribution in [0.15, 0.2) is 72.9 Å². The van der Waals surface area contributed by atoms with E-state index in [1.165, 1.54) is 0 Å². The van der Waals surface area contributed by atoms with E-state index in [1.807, 2.05) is 48.5 Å². The fraction of sp³-hybridized carbons (Fsp3) is 0.160. The molecule has 1 heterocycles. The van der Waals surface area contributed by atoms with Crippen LogP contribution in [0.4, 0.5) is 5.69 Å². The summed E-state index contributed by atoms with van der Waals surface area (Å²) in [6.07, 6.45) is 1.04. The van der Waals surface area contributed by atoms with Gasteiger partial charge in [-0.1, -0.05) is 12.1 Å². The Bertz CT molecular complexity index is 1220. The van der Waals surface area contributed by atoms with Gasteiger partial charge in [0, 0.05) is 29.4 Å². The molecule has 0 radical (unpaired) electrons. The van der Waals surface area contributed by atoms with Crippen LogP contribution in [0.25, 0.3) is 22.3 Å². The number of carbonyl (C=O) groups is 1. The van der Waals surface area contributed by atoms with Gasteiger partial charge in [0.2, 0.25) is 0 Å². The van der Waals surface area contributed by atoms with Crippen molar-refractivity contribution in [2.45, 2.75) is 13.0 Å². The maximum atomic E-state index is 12.6. The van der Waals surface area contributed by atoms with Crippen LogP contribution in [0.5, 0.6) is 17.2 Å². The van der Waals surface area contributed by atoms with E-state index in [0.717, 1.165) is 22.3 Å². The van der Waals surface area contributed by atoms with Gasteiger partial charge in [-0.25, -0.2) is 4.98 Å². The van der Waals surface area contributed by atoms with Crippen molar-refractivity contribution in [1.29, 1.82) is 0 Å². The lowest BCUT2D eigenvalue weighted by atomic mass is 10.1. The number of benzene rings is 3. The van der Waals surface area contributed by atoms with Crippen molar-refractivity contribution in [2.75, 3.05) is 19.5 Å². The lowest BCUT2D eigenvalue weighted by Crippen LogP contribution is -2.30. The van der Waals surface area contributed by atoms with Gasteiger partial charge in [0.1, 0.15) is 17.2 Å². The summed E-state index contributed by atoms with van der Waals surface area (Å²) in [6, 6.07) is 20.3. The fourth-order valence-electron chi connectivity index (χ4n) is 3.18. The Morgan fingerprint density at radius 3 is 2.19 bits per heavy atom. The quantitative estimate of drug-likeness (QED) is 0.458. The van der Waals surface area contributed by atoms with E-state index < -0.39 is 6.10 Å².